The first-order valence-electron chi connectivity index (χ1n) is 9.33. The summed E-state index contributed by atoms with van der Waals surface area (Å²) in [6, 6.07) is 10.5. The number of nitrogens with two attached hydrogens (primary N) is 1. The van der Waals surface area contributed by atoms with Crippen LogP contribution in [0.2, 0.25) is 16.6 Å². The minimum absolute atomic E-state index is 0.00600. The van der Waals surface area contributed by atoms with Crippen molar-refractivity contribution in [3.8, 4) is 0 Å². The molecule has 24 heavy (non-hydrogen) atoms. The third-order valence-electron chi connectivity index (χ3n) is 5.25. The average molecular weight is 348 g/mol. The Labute approximate surface area is 150 Å². The van der Waals surface area contributed by atoms with Crippen molar-refractivity contribution in [1.82, 2.24) is 0 Å². The molecule has 0 aromatic heterocycles. The molecule has 0 amide bonds. The summed E-state index contributed by atoms with van der Waals surface area (Å²) in [5, 5.41) is 0. The quantitative estimate of drug-likeness (QED) is 0.435. The normalized spacial score (nSPS) is 15.1. The van der Waals surface area contributed by atoms with Gasteiger partial charge in [-0.1, -0.05) is 78.0 Å². The van der Waals surface area contributed by atoms with E-state index in [0.29, 0.717) is 16.6 Å². The van der Waals surface area contributed by atoms with Crippen LogP contribution in [0.25, 0.3) is 0 Å². The van der Waals surface area contributed by atoms with Crippen molar-refractivity contribution in [2.24, 2.45) is 5.73 Å². The Kier molecular flexibility index (Phi) is 8.41. The van der Waals surface area contributed by atoms with Crippen molar-refractivity contribution in [2.45, 2.75) is 83.2 Å². The molecular weight excluding hydrogens is 310 g/mol. The molecule has 2 N–H and O–H groups in total. The maximum absolute atomic E-state index is 6.94. The zero-order valence-corrected chi connectivity index (χ0v) is 17.5. The topological polar surface area (TPSA) is 35.2 Å². The highest BCUT2D eigenvalue weighted by Crippen LogP contribution is 2.43. The van der Waals surface area contributed by atoms with Crippen LogP contribution in [-0.2, 0) is 10.8 Å². The van der Waals surface area contributed by atoms with Crippen LogP contribution >= 0.6 is 0 Å². The Hall–Kier alpha value is -0.903. The predicted octanol–water partition coefficient (Wildman–Crippen LogP) is 5.69. The lowest BCUT2D eigenvalue weighted by molar-refractivity contribution is 0.148. The Bertz CT molecular complexity index is 462. The lowest BCUT2D eigenvalue weighted by atomic mass is 10.0. The zero-order chi connectivity index (χ0) is 18.3. The van der Waals surface area contributed by atoms with Gasteiger partial charge in [0.2, 0.25) is 8.32 Å². The molecule has 0 radical (unpaired) electrons. The van der Waals surface area contributed by atoms with E-state index in [2.05, 4.69) is 72.4 Å². The third-order valence-corrected chi connectivity index (χ3v) is 11.4. The van der Waals surface area contributed by atoms with Crippen molar-refractivity contribution in [1.29, 1.82) is 0 Å². The van der Waals surface area contributed by atoms with Crippen molar-refractivity contribution >= 4 is 8.32 Å². The molecule has 0 aliphatic rings. The summed E-state index contributed by atoms with van der Waals surface area (Å²) in [4.78, 5) is 0. The Morgan fingerprint density at radius 1 is 1.00 bits per heavy atom. The van der Waals surface area contributed by atoms with E-state index < -0.39 is 8.32 Å². The first-order valence-corrected chi connectivity index (χ1v) is 11.5. The highest BCUT2D eigenvalue weighted by Gasteiger charge is 2.47. The maximum Gasteiger partial charge on any atom is 0.200 e. The number of hydrogen-bond acceptors (Lipinski definition) is 2. The molecule has 1 aromatic rings. The molecule has 0 unspecified atom stereocenters. The molecule has 0 fully saturated rings. The van der Waals surface area contributed by atoms with E-state index in [0.717, 1.165) is 12.8 Å². The fraction of sp³-hybridized carbons (Fsp3) is 0.619. The third kappa shape index (κ3) is 5.04. The van der Waals surface area contributed by atoms with Crippen LogP contribution in [0.5, 0.6) is 0 Å². The van der Waals surface area contributed by atoms with Crippen LogP contribution in [0, 0.1) is 0 Å². The Balaban J connectivity index is 3.02. The fourth-order valence-electron chi connectivity index (χ4n) is 4.16. The van der Waals surface area contributed by atoms with Gasteiger partial charge in [0.05, 0.1) is 6.10 Å². The number of hydrogen-bond donors (Lipinski definition) is 1. The molecule has 1 rings (SSSR count). The number of rotatable bonds is 10. The molecule has 2 atom stereocenters. The van der Waals surface area contributed by atoms with Gasteiger partial charge in [0.15, 0.2) is 0 Å². The van der Waals surface area contributed by atoms with Crippen LogP contribution in [0.3, 0.4) is 0 Å². The van der Waals surface area contributed by atoms with E-state index >= 15 is 0 Å². The van der Waals surface area contributed by atoms with E-state index in [1.807, 2.05) is 12.1 Å². The average Bonchev–Trinajstić information content (AvgIpc) is 2.51. The molecular formula is C21H37NOSi. The monoisotopic (exact) mass is 347 g/mol. The lowest BCUT2D eigenvalue weighted by Gasteiger charge is -2.45. The highest BCUT2D eigenvalue weighted by molar-refractivity contribution is 6.77. The molecule has 0 saturated carbocycles. The smallest absolute Gasteiger partial charge is 0.200 e. The molecule has 1 aromatic carbocycles. The molecule has 0 heterocycles. The van der Waals surface area contributed by atoms with Gasteiger partial charge in [0.1, 0.15) is 0 Å². The minimum atomic E-state index is -1.94. The molecule has 2 nitrogen and oxygen atoms in total. The van der Waals surface area contributed by atoms with Crippen molar-refractivity contribution in [2.75, 3.05) is 0 Å². The van der Waals surface area contributed by atoms with Gasteiger partial charge in [0.25, 0.3) is 0 Å². The largest absolute Gasteiger partial charge is 0.411 e. The van der Waals surface area contributed by atoms with Gasteiger partial charge in [-0.15, -0.1) is 6.58 Å². The van der Waals surface area contributed by atoms with Gasteiger partial charge >= 0.3 is 0 Å². The first-order chi connectivity index (χ1) is 11.3. The molecule has 3 heteroatoms. The summed E-state index contributed by atoms with van der Waals surface area (Å²) >= 11 is 0. The van der Waals surface area contributed by atoms with Crippen molar-refractivity contribution in [3.63, 3.8) is 0 Å². The van der Waals surface area contributed by atoms with E-state index in [9.17, 15) is 0 Å². The summed E-state index contributed by atoms with van der Waals surface area (Å²) in [6.07, 6.45) is 3.66. The van der Waals surface area contributed by atoms with Crippen LogP contribution in [-0.4, -0.2) is 20.5 Å². The SMILES string of the molecule is C=CC[C@H](O[Si](C(C)C)(C(C)C)C(C)C)[C@@H](N)Cc1ccccc1. The Morgan fingerprint density at radius 2 is 1.50 bits per heavy atom. The second-order valence-corrected chi connectivity index (χ2v) is 13.3. The van der Waals surface area contributed by atoms with Gasteiger partial charge in [-0.3, -0.25) is 0 Å². The van der Waals surface area contributed by atoms with Crippen LogP contribution in [0.15, 0.2) is 43.0 Å². The number of benzene rings is 1. The van der Waals surface area contributed by atoms with Gasteiger partial charge in [-0.2, -0.15) is 0 Å². The minimum Gasteiger partial charge on any atom is -0.411 e. The second kappa shape index (κ2) is 9.55. The lowest BCUT2D eigenvalue weighted by Crippen LogP contribution is -2.54. The molecule has 0 saturated heterocycles. The van der Waals surface area contributed by atoms with Crippen molar-refractivity contribution < 1.29 is 4.43 Å². The molecule has 0 aliphatic heterocycles. The van der Waals surface area contributed by atoms with E-state index in [-0.39, 0.29) is 12.1 Å². The summed E-state index contributed by atoms with van der Waals surface area (Å²) in [7, 11) is -1.94. The first kappa shape index (κ1) is 21.1. The molecule has 0 aliphatic carbocycles. The summed E-state index contributed by atoms with van der Waals surface area (Å²) in [5.74, 6) is 0. The van der Waals surface area contributed by atoms with Crippen molar-refractivity contribution in [3.05, 3.63) is 48.6 Å². The summed E-state index contributed by atoms with van der Waals surface area (Å²) < 4.78 is 6.94. The second-order valence-electron chi connectivity index (χ2n) is 7.85. The van der Waals surface area contributed by atoms with Gasteiger partial charge in [-0.05, 0) is 35.0 Å². The van der Waals surface area contributed by atoms with Gasteiger partial charge < -0.3 is 10.2 Å². The van der Waals surface area contributed by atoms with E-state index in [1.165, 1.54) is 5.56 Å². The maximum atomic E-state index is 6.94. The predicted molar refractivity (Wildman–Crippen MR) is 109 cm³/mol. The highest BCUT2D eigenvalue weighted by atomic mass is 28.4. The standard InChI is InChI=1S/C21H37NOSi/c1-8-12-21(20(22)15-19-13-10-9-11-14-19)23-24(16(2)3,17(4)5)18(6)7/h8-11,13-14,16-18,20-21H,1,12,15,22H2,2-7H3/t20-,21-/m0/s1. The van der Waals surface area contributed by atoms with Gasteiger partial charge in [-0.25, -0.2) is 0 Å². The molecule has 0 bridgehead atoms. The fourth-order valence-corrected chi connectivity index (χ4v) is 9.77. The van der Waals surface area contributed by atoms with Crippen LogP contribution in [0.4, 0.5) is 0 Å². The van der Waals surface area contributed by atoms with Gasteiger partial charge in [0, 0.05) is 6.04 Å². The molecule has 0 spiro atoms. The van der Waals surface area contributed by atoms with Crippen LogP contribution < -0.4 is 5.73 Å². The van der Waals surface area contributed by atoms with E-state index in [4.69, 9.17) is 10.2 Å². The Morgan fingerprint density at radius 3 is 1.92 bits per heavy atom. The summed E-state index contributed by atoms with van der Waals surface area (Å²) in [5.41, 5.74) is 9.56. The van der Waals surface area contributed by atoms with E-state index in [1.54, 1.807) is 0 Å². The van der Waals surface area contributed by atoms with Crippen LogP contribution in [0.1, 0.15) is 53.5 Å². The summed E-state index contributed by atoms with van der Waals surface area (Å²) in [6.45, 7) is 17.9. The zero-order valence-electron chi connectivity index (χ0n) is 16.5. The molecule has 136 valence electrons.